The summed E-state index contributed by atoms with van der Waals surface area (Å²) in [5.41, 5.74) is 0. The van der Waals surface area contributed by atoms with E-state index in [4.69, 9.17) is 14.6 Å². The van der Waals surface area contributed by atoms with Crippen LogP contribution >= 0.6 is 15.9 Å². The summed E-state index contributed by atoms with van der Waals surface area (Å²) < 4.78 is 11.5. The fourth-order valence-electron chi connectivity index (χ4n) is 1.81. The molecule has 0 saturated carbocycles. The minimum Gasteiger partial charge on any atom is -0.462 e. The van der Waals surface area contributed by atoms with Crippen molar-refractivity contribution in [2.45, 2.75) is 30.7 Å². The monoisotopic (exact) mass is 334 g/mol. The minimum atomic E-state index is -1.44. The van der Waals surface area contributed by atoms with Gasteiger partial charge in [0, 0.05) is 4.47 Å². The van der Waals surface area contributed by atoms with Crippen LogP contribution in [-0.4, -0.2) is 57.7 Å². The third kappa shape index (κ3) is 3.25. The molecule has 0 radical (unpaired) electrons. The van der Waals surface area contributed by atoms with E-state index in [0.29, 0.717) is 5.75 Å². The van der Waals surface area contributed by atoms with Gasteiger partial charge in [-0.15, -0.1) is 0 Å². The molecule has 1 aliphatic rings. The molecule has 1 fully saturated rings. The van der Waals surface area contributed by atoms with Gasteiger partial charge in [-0.2, -0.15) is 0 Å². The van der Waals surface area contributed by atoms with Gasteiger partial charge in [0.15, 0.2) is 0 Å². The van der Waals surface area contributed by atoms with E-state index in [9.17, 15) is 15.3 Å². The lowest BCUT2D eigenvalue weighted by molar-refractivity contribution is -0.277. The highest BCUT2D eigenvalue weighted by atomic mass is 79.9. The van der Waals surface area contributed by atoms with Crippen molar-refractivity contribution in [2.24, 2.45) is 0 Å². The largest absolute Gasteiger partial charge is 0.462 e. The van der Waals surface area contributed by atoms with E-state index in [1.165, 1.54) is 0 Å². The summed E-state index contributed by atoms with van der Waals surface area (Å²) in [6.45, 7) is -0.481. The molecule has 0 aromatic heterocycles. The van der Waals surface area contributed by atoms with E-state index in [1.807, 2.05) is 0 Å². The first-order chi connectivity index (χ1) is 9.02. The van der Waals surface area contributed by atoms with Crippen LogP contribution in [0.3, 0.4) is 0 Å². The van der Waals surface area contributed by atoms with Gasteiger partial charge in [0.1, 0.15) is 30.2 Å². The number of aliphatic hydroxyl groups is 4. The molecule has 1 saturated heterocycles. The van der Waals surface area contributed by atoms with E-state index in [-0.39, 0.29) is 0 Å². The molecule has 2 rings (SSSR count). The maximum atomic E-state index is 9.79. The zero-order chi connectivity index (χ0) is 14.0. The lowest BCUT2D eigenvalue weighted by atomic mass is 9.99. The molecule has 0 aliphatic carbocycles. The lowest BCUT2D eigenvalue weighted by Gasteiger charge is -2.39. The molecule has 0 bridgehead atoms. The fraction of sp³-hybridized carbons (Fsp3) is 0.500. The zero-order valence-corrected chi connectivity index (χ0v) is 11.5. The smallest absolute Gasteiger partial charge is 0.229 e. The molecule has 0 unspecified atom stereocenters. The number of halogens is 1. The van der Waals surface area contributed by atoms with Crippen molar-refractivity contribution in [1.82, 2.24) is 0 Å². The van der Waals surface area contributed by atoms with Crippen LogP contribution in [-0.2, 0) is 4.74 Å². The fourth-order valence-corrected chi connectivity index (χ4v) is 2.08. The Morgan fingerprint density at radius 2 is 1.68 bits per heavy atom. The van der Waals surface area contributed by atoms with Gasteiger partial charge in [0.2, 0.25) is 6.29 Å². The van der Waals surface area contributed by atoms with Gasteiger partial charge in [-0.3, -0.25) is 0 Å². The highest BCUT2D eigenvalue weighted by molar-refractivity contribution is 9.10. The van der Waals surface area contributed by atoms with Crippen molar-refractivity contribution in [1.29, 1.82) is 0 Å². The summed E-state index contributed by atoms with van der Waals surface area (Å²) >= 11 is 3.28. The Morgan fingerprint density at radius 1 is 1.05 bits per heavy atom. The Hall–Kier alpha value is -0.700. The third-order valence-corrected chi connectivity index (χ3v) is 3.44. The molecule has 0 amide bonds. The summed E-state index contributed by atoms with van der Waals surface area (Å²) in [4.78, 5) is 0. The molecule has 7 heteroatoms. The van der Waals surface area contributed by atoms with Crippen LogP contribution in [0, 0.1) is 0 Å². The predicted molar refractivity (Wildman–Crippen MR) is 68.5 cm³/mol. The molecule has 4 N–H and O–H groups in total. The van der Waals surface area contributed by atoms with Crippen LogP contribution < -0.4 is 4.74 Å². The Balaban J connectivity index is 2.08. The first-order valence-electron chi connectivity index (χ1n) is 5.75. The molecule has 1 aliphatic heterocycles. The predicted octanol–water partition coefficient (Wildman–Crippen LogP) is -0.372. The number of benzene rings is 1. The quantitative estimate of drug-likeness (QED) is 0.602. The molecule has 0 spiro atoms. The average molecular weight is 335 g/mol. The minimum absolute atomic E-state index is 0.438. The molecule has 1 heterocycles. The van der Waals surface area contributed by atoms with Gasteiger partial charge in [0.25, 0.3) is 0 Å². The van der Waals surface area contributed by atoms with Gasteiger partial charge in [-0.05, 0) is 24.3 Å². The second-order valence-electron chi connectivity index (χ2n) is 4.27. The van der Waals surface area contributed by atoms with Crippen molar-refractivity contribution >= 4 is 15.9 Å². The summed E-state index contributed by atoms with van der Waals surface area (Å²) in [6.07, 6.45) is -6.35. The van der Waals surface area contributed by atoms with Crippen LogP contribution in [0.2, 0.25) is 0 Å². The van der Waals surface area contributed by atoms with Crippen molar-refractivity contribution in [3.63, 3.8) is 0 Å². The highest BCUT2D eigenvalue weighted by Crippen LogP contribution is 2.25. The number of rotatable bonds is 3. The first-order valence-corrected chi connectivity index (χ1v) is 6.55. The summed E-state index contributed by atoms with van der Waals surface area (Å²) in [5.74, 6) is 0.438. The second-order valence-corrected chi connectivity index (χ2v) is 5.18. The lowest BCUT2D eigenvalue weighted by Crippen LogP contribution is -2.60. The Kier molecular flexibility index (Phi) is 4.77. The maximum Gasteiger partial charge on any atom is 0.229 e. The summed E-state index contributed by atoms with van der Waals surface area (Å²) in [5, 5.41) is 38.1. The van der Waals surface area contributed by atoms with Crippen molar-refractivity contribution < 1.29 is 29.9 Å². The molecule has 1 aromatic rings. The Morgan fingerprint density at radius 3 is 2.26 bits per heavy atom. The number of aliphatic hydroxyl groups excluding tert-OH is 4. The normalized spacial score (nSPS) is 35.1. The van der Waals surface area contributed by atoms with Crippen LogP contribution in [0.5, 0.6) is 5.75 Å². The van der Waals surface area contributed by atoms with Crippen LogP contribution in [0.25, 0.3) is 0 Å². The Labute approximate surface area is 118 Å². The van der Waals surface area contributed by atoms with Gasteiger partial charge >= 0.3 is 0 Å². The van der Waals surface area contributed by atoms with Crippen LogP contribution in [0.1, 0.15) is 0 Å². The number of ether oxygens (including phenoxy) is 2. The maximum absolute atomic E-state index is 9.79. The van der Waals surface area contributed by atoms with E-state index in [1.54, 1.807) is 24.3 Å². The van der Waals surface area contributed by atoms with E-state index in [0.717, 1.165) is 4.47 Å². The van der Waals surface area contributed by atoms with Crippen LogP contribution in [0.4, 0.5) is 0 Å². The highest BCUT2D eigenvalue weighted by Gasteiger charge is 2.44. The van der Waals surface area contributed by atoms with Crippen LogP contribution in [0.15, 0.2) is 28.7 Å². The van der Waals surface area contributed by atoms with Crippen molar-refractivity contribution in [3.8, 4) is 5.75 Å². The topological polar surface area (TPSA) is 99.4 Å². The summed E-state index contributed by atoms with van der Waals surface area (Å²) in [7, 11) is 0. The standard InChI is InChI=1S/C12H15BrO6/c13-6-1-3-7(4-2-6)18-12-11(17)10(16)9(15)8(5-14)19-12/h1-4,8-12,14-17H,5H2/t8-,9+,10+,11+,12-/m0/s1. The molecule has 106 valence electrons. The van der Waals surface area contributed by atoms with Gasteiger partial charge < -0.3 is 29.9 Å². The van der Waals surface area contributed by atoms with Gasteiger partial charge in [0.05, 0.1) is 6.61 Å². The molecule has 19 heavy (non-hydrogen) atoms. The third-order valence-electron chi connectivity index (χ3n) is 2.91. The molecule has 6 nitrogen and oxygen atoms in total. The van der Waals surface area contributed by atoms with E-state index in [2.05, 4.69) is 15.9 Å². The number of hydrogen-bond donors (Lipinski definition) is 4. The molecular weight excluding hydrogens is 320 g/mol. The summed E-state index contributed by atoms with van der Waals surface area (Å²) in [6, 6.07) is 6.82. The molecule has 5 atom stereocenters. The Bertz CT molecular complexity index is 409. The van der Waals surface area contributed by atoms with E-state index >= 15 is 0 Å². The second kappa shape index (κ2) is 6.17. The van der Waals surface area contributed by atoms with Crippen molar-refractivity contribution in [2.75, 3.05) is 6.61 Å². The zero-order valence-electron chi connectivity index (χ0n) is 9.89. The van der Waals surface area contributed by atoms with Gasteiger partial charge in [-0.25, -0.2) is 0 Å². The number of hydrogen-bond acceptors (Lipinski definition) is 6. The van der Waals surface area contributed by atoms with E-state index < -0.39 is 37.3 Å². The first kappa shape index (κ1) is 14.7. The van der Waals surface area contributed by atoms with Gasteiger partial charge in [-0.1, -0.05) is 15.9 Å². The SMILES string of the molecule is OC[C@@H]1O[C@H](Oc2ccc(Br)cc2)[C@H](O)[C@H](O)[C@@H]1O. The average Bonchev–Trinajstić information content (AvgIpc) is 2.42. The van der Waals surface area contributed by atoms with Crippen molar-refractivity contribution in [3.05, 3.63) is 28.7 Å². The molecular formula is C12H15BrO6. The molecule has 1 aromatic carbocycles.